The number of aromatic nitrogens is 1. The van der Waals surface area contributed by atoms with Crippen molar-refractivity contribution in [3.05, 3.63) is 53.9 Å². The second-order valence-electron chi connectivity index (χ2n) is 9.32. The van der Waals surface area contributed by atoms with Crippen LogP contribution in [0.5, 0.6) is 0 Å². The van der Waals surface area contributed by atoms with Gasteiger partial charge in [-0.15, -0.1) is 0 Å². The summed E-state index contributed by atoms with van der Waals surface area (Å²) in [7, 11) is 0. The minimum absolute atomic E-state index is 0.108. The van der Waals surface area contributed by atoms with Crippen molar-refractivity contribution in [2.75, 3.05) is 23.3 Å². The second kappa shape index (κ2) is 10.5. The smallest absolute Gasteiger partial charge is 0.410 e. The number of hydrogen-bond acceptors (Lipinski definition) is 5. The van der Waals surface area contributed by atoms with Gasteiger partial charge in [-0.1, -0.05) is 19.1 Å². The van der Waals surface area contributed by atoms with E-state index in [1.165, 1.54) is 12.3 Å². The lowest BCUT2D eigenvalue weighted by atomic mass is 10.0. The molecule has 0 atom stereocenters. The van der Waals surface area contributed by atoms with Gasteiger partial charge in [0.2, 0.25) is 0 Å². The minimum Gasteiger partial charge on any atom is -0.444 e. The molecular weight excluding hydrogens is 434 g/mol. The predicted molar refractivity (Wildman–Crippen MR) is 131 cm³/mol. The maximum atomic E-state index is 13.4. The van der Waals surface area contributed by atoms with Crippen molar-refractivity contribution >= 4 is 29.4 Å². The molecule has 1 aromatic carbocycles. The first-order valence-electron chi connectivity index (χ1n) is 11.5. The Morgan fingerprint density at radius 3 is 2.44 bits per heavy atom. The predicted octanol–water partition coefficient (Wildman–Crippen LogP) is 4.18. The van der Waals surface area contributed by atoms with Gasteiger partial charge in [-0.3, -0.25) is 9.69 Å². The maximum absolute atomic E-state index is 13.4. The van der Waals surface area contributed by atoms with E-state index in [1.54, 1.807) is 15.9 Å². The quantitative estimate of drug-likeness (QED) is 0.684. The van der Waals surface area contributed by atoms with Crippen molar-refractivity contribution < 1.29 is 19.1 Å². The number of anilines is 2. The number of nitrogens with zero attached hydrogens (tertiary/aromatic N) is 3. The summed E-state index contributed by atoms with van der Waals surface area (Å²) >= 11 is 0. The molecule has 9 heteroatoms. The summed E-state index contributed by atoms with van der Waals surface area (Å²) in [5, 5.41) is 2.87. The maximum Gasteiger partial charge on any atom is 0.410 e. The Hall–Kier alpha value is -3.62. The summed E-state index contributed by atoms with van der Waals surface area (Å²) in [6, 6.07) is 10.5. The molecule has 4 amide bonds. The van der Waals surface area contributed by atoms with Gasteiger partial charge in [0, 0.05) is 24.8 Å². The van der Waals surface area contributed by atoms with E-state index in [0.29, 0.717) is 31.6 Å². The molecule has 0 aliphatic carbocycles. The zero-order chi connectivity index (χ0) is 24.9. The van der Waals surface area contributed by atoms with Crippen LogP contribution in [-0.4, -0.2) is 52.6 Å². The first-order valence-corrected chi connectivity index (χ1v) is 11.5. The number of carbonyl (C=O) groups excluding carboxylic acids is 3. The van der Waals surface area contributed by atoms with Gasteiger partial charge < -0.3 is 20.7 Å². The molecule has 3 N–H and O–H groups in total. The molecule has 1 aliphatic rings. The molecule has 0 bridgehead atoms. The molecule has 3 rings (SSSR count). The fraction of sp³-hybridized carbons (Fsp3) is 0.440. The van der Waals surface area contributed by atoms with Crippen LogP contribution in [0.15, 0.2) is 42.6 Å². The Morgan fingerprint density at radius 2 is 1.88 bits per heavy atom. The highest BCUT2D eigenvalue weighted by Crippen LogP contribution is 2.27. The molecule has 182 valence electrons. The van der Waals surface area contributed by atoms with Crippen LogP contribution in [0.2, 0.25) is 0 Å². The van der Waals surface area contributed by atoms with E-state index in [1.807, 2.05) is 45.0 Å². The summed E-state index contributed by atoms with van der Waals surface area (Å²) in [5.74, 6) is -0.632. The monoisotopic (exact) mass is 467 g/mol. The van der Waals surface area contributed by atoms with Crippen LogP contribution in [0.25, 0.3) is 0 Å². The number of nitrogens with two attached hydrogens (primary N) is 1. The van der Waals surface area contributed by atoms with Crippen LogP contribution in [0, 0.1) is 0 Å². The number of carbonyl (C=O) groups is 3. The average molecular weight is 468 g/mol. The van der Waals surface area contributed by atoms with Crippen LogP contribution in [0.3, 0.4) is 0 Å². The van der Waals surface area contributed by atoms with Gasteiger partial charge in [0.25, 0.3) is 5.91 Å². The lowest BCUT2D eigenvalue weighted by Crippen LogP contribution is -2.51. The summed E-state index contributed by atoms with van der Waals surface area (Å²) in [4.78, 5) is 44.6. The molecule has 1 fully saturated rings. The van der Waals surface area contributed by atoms with Crippen LogP contribution in [-0.2, 0) is 11.2 Å². The zero-order valence-electron chi connectivity index (χ0n) is 20.2. The first-order chi connectivity index (χ1) is 16.1. The van der Waals surface area contributed by atoms with E-state index in [9.17, 15) is 14.4 Å². The van der Waals surface area contributed by atoms with E-state index >= 15 is 0 Å². The average Bonchev–Trinajstić information content (AvgIpc) is 2.79. The third-order valence-electron chi connectivity index (χ3n) is 5.56. The van der Waals surface area contributed by atoms with Gasteiger partial charge in [0.05, 0.1) is 11.9 Å². The molecule has 9 nitrogen and oxygen atoms in total. The zero-order valence-corrected chi connectivity index (χ0v) is 20.2. The number of primary amides is 1. The van der Waals surface area contributed by atoms with Gasteiger partial charge in [-0.25, -0.2) is 14.6 Å². The van der Waals surface area contributed by atoms with Gasteiger partial charge in [-0.05, 0) is 69.9 Å². The number of piperidine rings is 1. The largest absolute Gasteiger partial charge is 0.444 e. The van der Waals surface area contributed by atoms with Crippen LogP contribution < -0.4 is 16.0 Å². The number of benzene rings is 1. The van der Waals surface area contributed by atoms with Crippen molar-refractivity contribution in [3.63, 3.8) is 0 Å². The Bertz CT molecular complexity index is 1020. The molecule has 2 aromatic rings. The molecule has 1 aliphatic heterocycles. The van der Waals surface area contributed by atoms with E-state index in [2.05, 4.69) is 17.2 Å². The Kier molecular flexibility index (Phi) is 7.75. The molecule has 34 heavy (non-hydrogen) atoms. The Morgan fingerprint density at radius 1 is 1.18 bits per heavy atom. The van der Waals surface area contributed by atoms with Gasteiger partial charge in [0.15, 0.2) is 0 Å². The number of ether oxygens (including phenoxy) is 1. The standard InChI is InChI=1S/C25H33N5O4/c1-5-17-7-6-8-20(15-17)30(23(32)28-18-9-10-21(22(26)31)27-16-18)19-11-13-29(14-12-19)24(33)34-25(2,3)4/h6-10,15-16,19H,5,11-14H2,1-4H3,(H2,26,31)(H,28,32). The molecule has 0 radical (unpaired) electrons. The van der Waals surface area contributed by atoms with Crippen LogP contribution in [0.1, 0.15) is 56.6 Å². The highest BCUT2D eigenvalue weighted by Gasteiger charge is 2.32. The topological polar surface area (TPSA) is 118 Å². The third kappa shape index (κ3) is 6.46. The summed E-state index contributed by atoms with van der Waals surface area (Å²) in [6.07, 6.45) is 3.14. The fourth-order valence-corrected chi connectivity index (χ4v) is 3.85. The normalized spacial score (nSPS) is 14.4. The third-order valence-corrected chi connectivity index (χ3v) is 5.56. The van der Waals surface area contributed by atoms with Crippen molar-refractivity contribution in [1.82, 2.24) is 9.88 Å². The molecule has 0 unspecified atom stereocenters. The van der Waals surface area contributed by atoms with E-state index in [0.717, 1.165) is 17.7 Å². The van der Waals surface area contributed by atoms with Gasteiger partial charge >= 0.3 is 12.1 Å². The summed E-state index contributed by atoms with van der Waals surface area (Å²) in [6.45, 7) is 8.58. The molecule has 1 aromatic heterocycles. The van der Waals surface area contributed by atoms with E-state index in [4.69, 9.17) is 10.5 Å². The van der Waals surface area contributed by atoms with Crippen molar-refractivity contribution in [3.8, 4) is 0 Å². The second-order valence-corrected chi connectivity index (χ2v) is 9.32. The molecule has 1 saturated heterocycles. The van der Waals surface area contributed by atoms with Crippen LogP contribution in [0.4, 0.5) is 21.0 Å². The highest BCUT2D eigenvalue weighted by molar-refractivity contribution is 6.02. The van der Waals surface area contributed by atoms with Crippen molar-refractivity contribution in [2.45, 2.75) is 58.6 Å². The van der Waals surface area contributed by atoms with Crippen LogP contribution >= 0.6 is 0 Å². The van der Waals surface area contributed by atoms with Gasteiger partial charge in [0.1, 0.15) is 11.3 Å². The number of aryl methyl sites for hydroxylation is 1. The SMILES string of the molecule is CCc1cccc(N(C(=O)Nc2ccc(C(N)=O)nc2)C2CCN(C(=O)OC(C)(C)C)CC2)c1. The highest BCUT2D eigenvalue weighted by atomic mass is 16.6. The van der Waals surface area contributed by atoms with Crippen molar-refractivity contribution in [2.24, 2.45) is 5.73 Å². The molecular formula is C25H33N5O4. The number of rotatable bonds is 5. The van der Waals surface area contributed by atoms with Gasteiger partial charge in [-0.2, -0.15) is 0 Å². The molecule has 0 spiro atoms. The summed E-state index contributed by atoms with van der Waals surface area (Å²) in [5.41, 5.74) is 7.18. The lowest BCUT2D eigenvalue weighted by molar-refractivity contribution is 0.0206. The molecule has 0 saturated carbocycles. The minimum atomic E-state index is -0.632. The summed E-state index contributed by atoms with van der Waals surface area (Å²) < 4.78 is 5.49. The Labute approximate surface area is 200 Å². The fourth-order valence-electron chi connectivity index (χ4n) is 3.85. The molecule has 2 heterocycles. The number of amides is 4. The van der Waals surface area contributed by atoms with E-state index in [-0.39, 0.29) is 23.9 Å². The number of likely N-dealkylation sites (tertiary alicyclic amines) is 1. The number of nitrogens with one attached hydrogen (secondary N) is 1. The number of urea groups is 1. The first kappa shape index (κ1) is 25.0. The Balaban J connectivity index is 1.78. The van der Waals surface area contributed by atoms with E-state index < -0.39 is 11.5 Å². The number of pyridine rings is 1. The van der Waals surface area contributed by atoms with Crippen molar-refractivity contribution in [1.29, 1.82) is 0 Å². The lowest BCUT2D eigenvalue weighted by Gasteiger charge is -2.39. The number of hydrogen-bond donors (Lipinski definition) is 2.